The second-order valence-electron chi connectivity index (χ2n) is 7.34. The van der Waals surface area contributed by atoms with E-state index in [9.17, 15) is 0 Å². The molecule has 0 N–H and O–H groups in total. The van der Waals surface area contributed by atoms with Gasteiger partial charge in [-0.05, 0) is 46.0 Å². The maximum absolute atomic E-state index is 4.65. The van der Waals surface area contributed by atoms with Gasteiger partial charge in [-0.3, -0.25) is 0 Å². The summed E-state index contributed by atoms with van der Waals surface area (Å²) in [6, 6.07) is 35.9. The summed E-state index contributed by atoms with van der Waals surface area (Å²) in [4.78, 5) is 4.65. The topological polar surface area (TPSA) is 12.9 Å². The van der Waals surface area contributed by atoms with Crippen LogP contribution in [0.5, 0.6) is 0 Å². The third kappa shape index (κ3) is 4.71. The largest absolute Gasteiger partial charge is 0.237 e. The van der Waals surface area contributed by atoms with Crippen molar-refractivity contribution in [2.75, 3.05) is 0 Å². The highest BCUT2D eigenvalue weighted by Gasteiger charge is 1.99. The molecule has 1 nitrogen and oxygen atoms in total. The Morgan fingerprint density at radius 1 is 0.484 bits per heavy atom. The van der Waals surface area contributed by atoms with Crippen LogP contribution < -0.4 is 0 Å². The van der Waals surface area contributed by atoms with E-state index in [0.29, 0.717) is 0 Å². The summed E-state index contributed by atoms with van der Waals surface area (Å²) in [5, 5.41) is 1.03. The SMILES string of the molecule is C(=Cc1ccc(-c2ccccc2)cc1)c1ccc(C=Cc2nc3ccccc3s2)cc1. The highest BCUT2D eigenvalue weighted by atomic mass is 32.1. The molecular formula is C29H21NS. The lowest BCUT2D eigenvalue weighted by Gasteiger charge is -2.02. The van der Waals surface area contributed by atoms with Gasteiger partial charge in [0.25, 0.3) is 0 Å². The molecule has 1 heterocycles. The Hall–Kier alpha value is -3.75. The van der Waals surface area contributed by atoms with Gasteiger partial charge in [-0.15, -0.1) is 11.3 Å². The lowest BCUT2D eigenvalue weighted by Crippen LogP contribution is -1.78. The molecule has 0 aliphatic heterocycles. The molecule has 4 aromatic carbocycles. The molecule has 0 aliphatic carbocycles. The monoisotopic (exact) mass is 415 g/mol. The van der Waals surface area contributed by atoms with E-state index in [1.165, 1.54) is 32.5 Å². The number of fused-ring (bicyclic) bond motifs is 1. The van der Waals surface area contributed by atoms with Crippen molar-refractivity contribution in [3.63, 3.8) is 0 Å². The van der Waals surface area contributed by atoms with E-state index in [0.717, 1.165) is 10.5 Å². The molecule has 148 valence electrons. The second kappa shape index (κ2) is 8.95. The first kappa shape index (κ1) is 19.2. The summed E-state index contributed by atoms with van der Waals surface area (Å²) < 4.78 is 1.22. The van der Waals surface area contributed by atoms with Crippen molar-refractivity contribution in [1.82, 2.24) is 4.98 Å². The molecule has 0 radical (unpaired) electrons. The molecule has 0 fully saturated rings. The van der Waals surface area contributed by atoms with Gasteiger partial charge >= 0.3 is 0 Å². The first-order valence-electron chi connectivity index (χ1n) is 10.3. The molecular weight excluding hydrogens is 394 g/mol. The van der Waals surface area contributed by atoms with Crippen LogP contribution in [0, 0.1) is 0 Å². The average Bonchev–Trinajstić information content (AvgIpc) is 3.26. The normalized spacial score (nSPS) is 11.6. The zero-order valence-electron chi connectivity index (χ0n) is 17.0. The maximum Gasteiger partial charge on any atom is 0.117 e. The number of thiazole rings is 1. The van der Waals surface area contributed by atoms with Crippen LogP contribution in [0.3, 0.4) is 0 Å². The number of benzene rings is 4. The Balaban J connectivity index is 1.25. The lowest BCUT2D eigenvalue weighted by atomic mass is 10.0. The van der Waals surface area contributed by atoms with Crippen molar-refractivity contribution in [3.8, 4) is 11.1 Å². The third-order valence-electron chi connectivity index (χ3n) is 5.15. The number of rotatable bonds is 5. The van der Waals surface area contributed by atoms with E-state index in [2.05, 4.69) is 120 Å². The number of hydrogen-bond donors (Lipinski definition) is 0. The summed E-state index contributed by atoms with van der Waals surface area (Å²) in [5.41, 5.74) is 7.09. The van der Waals surface area contributed by atoms with Gasteiger partial charge in [-0.2, -0.15) is 0 Å². The van der Waals surface area contributed by atoms with E-state index in [-0.39, 0.29) is 0 Å². The van der Waals surface area contributed by atoms with Crippen LogP contribution >= 0.6 is 11.3 Å². The Morgan fingerprint density at radius 3 is 1.65 bits per heavy atom. The minimum Gasteiger partial charge on any atom is -0.237 e. The minimum atomic E-state index is 1.03. The Kier molecular flexibility index (Phi) is 5.55. The first-order chi connectivity index (χ1) is 15.3. The predicted molar refractivity (Wildman–Crippen MR) is 136 cm³/mol. The van der Waals surface area contributed by atoms with E-state index < -0.39 is 0 Å². The van der Waals surface area contributed by atoms with Crippen LogP contribution in [0.25, 0.3) is 45.6 Å². The van der Waals surface area contributed by atoms with Crippen LogP contribution in [-0.4, -0.2) is 4.98 Å². The van der Waals surface area contributed by atoms with Crippen LogP contribution in [0.4, 0.5) is 0 Å². The molecule has 5 aromatic rings. The predicted octanol–water partition coefficient (Wildman–Crippen LogP) is 8.30. The highest BCUT2D eigenvalue weighted by molar-refractivity contribution is 7.19. The number of hydrogen-bond acceptors (Lipinski definition) is 2. The average molecular weight is 416 g/mol. The van der Waals surface area contributed by atoms with Crippen molar-refractivity contribution in [1.29, 1.82) is 0 Å². The van der Waals surface area contributed by atoms with Gasteiger partial charge in [0.1, 0.15) is 5.01 Å². The van der Waals surface area contributed by atoms with Crippen molar-refractivity contribution in [2.45, 2.75) is 0 Å². The van der Waals surface area contributed by atoms with Crippen molar-refractivity contribution < 1.29 is 0 Å². The summed E-state index contributed by atoms with van der Waals surface area (Å²) in [6.45, 7) is 0. The van der Waals surface area contributed by atoms with Crippen LogP contribution in [0.15, 0.2) is 103 Å². The van der Waals surface area contributed by atoms with Gasteiger partial charge in [0.05, 0.1) is 10.2 Å². The Bertz CT molecular complexity index is 1310. The van der Waals surface area contributed by atoms with Crippen molar-refractivity contribution in [2.24, 2.45) is 0 Å². The molecule has 0 unspecified atom stereocenters. The Morgan fingerprint density at radius 2 is 1.00 bits per heavy atom. The fourth-order valence-corrected chi connectivity index (χ4v) is 4.33. The molecule has 0 spiro atoms. The van der Waals surface area contributed by atoms with E-state index in [1.807, 2.05) is 12.1 Å². The molecule has 0 aliphatic rings. The summed E-state index contributed by atoms with van der Waals surface area (Å²) in [6.07, 6.45) is 8.51. The van der Waals surface area contributed by atoms with Gasteiger partial charge in [-0.25, -0.2) is 4.98 Å². The minimum absolute atomic E-state index is 1.03. The molecule has 1 aromatic heterocycles. The van der Waals surface area contributed by atoms with Crippen LogP contribution in [0.2, 0.25) is 0 Å². The van der Waals surface area contributed by atoms with Gasteiger partial charge in [0, 0.05) is 0 Å². The van der Waals surface area contributed by atoms with Gasteiger partial charge in [0.15, 0.2) is 0 Å². The quantitative estimate of drug-likeness (QED) is 0.263. The lowest BCUT2D eigenvalue weighted by molar-refractivity contribution is 1.46. The van der Waals surface area contributed by atoms with E-state index >= 15 is 0 Å². The summed E-state index contributed by atoms with van der Waals surface area (Å²) in [5.74, 6) is 0. The Labute approximate surface area is 186 Å². The van der Waals surface area contributed by atoms with Crippen LogP contribution in [0.1, 0.15) is 21.7 Å². The molecule has 0 saturated carbocycles. The summed E-state index contributed by atoms with van der Waals surface area (Å²) >= 11 is 1.72. The van der Waals surface area contributed by atoms with Crippen LogP contribution in [-0.2, 0) is 0 Å². The fraction of sp³-hybridized carbons (Fsp3) is 0. The molecule has 0 saturated heterocycles. The van der Waals surface area contributed by atoms with Gasteiger partial charge in [0.2, 0.25) is 0 Å². The molecule has 5 rings (SSSR count). The van der Waals surface area contributed by atoms with Crippen molar-refractivity contribution in [3.05, 3.63) is 125 Å². The standard InChI is InChI=1S/C29H21NS/c1-2-6-25(7-3-1)26-19-16-24(17-20-26)15-12-22-10-13-23(14-11-22)18-21-29-30-27-8-4-5-9-28(27)31-29/h1-21H. The van der Waals surface area contributed by atoms with E-state index in [4.69, 9.17) is 0 Å². The molecule has 2 heteroatoms. The number of aromatic nitrogens is 1. The maximum atomic E-state index is 4.65. The fourth-order valence-electron chi connectivity index (χ4n) is 3.46. The van der Waals surface area contributed by atoms with Gasteiger partial charge < -0.3 is 0 Å². The smallest absolute Gasteiger partial charge is 0.117 e. The van der Waals surface area contributed by atoms with E-state index in [1.54, 1.807) is 11.3 Å². The summed E-state index contributed by atoms with van der Waals surface area (Å²) in [7, 11) is 0. The number of nitrogens with zero attached hydrogens (tertiary/aromatic N) is 1. The first-order valence-corrected chi connectivity index (χ1v) is 11.1. The van der Waals surface area contributed by atoms with Gasteiger partial charge in [-0.1, -0.05) is 109 Å². The molecule has 0 amide bonds. The molecule has 0 bridgehead atoms. The third-order valence-corrected chi connectivity index (χ3v) is 6.15. The molecule has 31 heavy (non-hydrogen) atoms. The zero-order valence-corrected chi connectivity index (χ0v) is 17.8. The zero-order chi connectivity index (χ0) is 20.9. The van der Waals surface area contributed by atoms with Crippen molar-refractivity contribution >= 4 is 45.9 Å². The number of para-hydroxylation sites is 1. The highest BCUT2D eigenvalue weighted by Crippen LogP contribution is 2.23. The molecule has 0 atom stereocenters. The second-order valence-corrected chi connectivity index (χ2v) is 8.40.